The molecule has 9 heteroatoms. The predicted molar refractivity (Wildman–Crippen MR) is 113 cm³/mol. The van der Waals surface area contributed by atoms with Gasteiger partial charge in [-0.1, -0.05) is 0 Å². The van der Waals surface area contributed by atoms with E-state index in [0.717, 1.165) is 33.6 Å². The van der Waals surface area contributed by atoms with Crippen molar-refractivity contribution in [2.75, 3.05) is 12.4 Å². The molecule has 1 N–H and O–H groups in total. The Morgan fingerprint density at radius 3 is 2.40 bits per heavy atom. The van der Waals surface area contributed by atoms with Crippen molar-refractivity contribution in [3.8, 4) is 17.1 Å². The lowest BCUT2D eigenvalue weighted by molar-refractivity contribution is 0.418. The lowest BCUT2D eigenvalue weighted by Crippen LogP contribution is -2.10. The number of nitrogens with zero attached hydrogens (tertiary/aromatic N) is 7. The smallest absolute Gasteiger partial charge is 0.159 e. The second-order valence-corrected chi connectivity index (χ2v) is 6.88. The summed E-state index contributed by atoms with van der Waals surface area (Å²) in [7, 11) is 1.61. The first-order valence-electron chi connectivity index (χ1n) is 9.24. The van der Waals surface area contributed by atoms with Crippen LogP contribution in [0, 0.1) is 13.8 Å². The number of nitrogens with one attached hydrogen (secondary N) is 1. The second kappa shape index (κ2) is 8.75. The highest BCUT2D eigenvalue weighted by Crippen LogP contribution is 2.34. The summed E-state index contributed by atoms with van der Waals surface area (Å²) in [6.07, 6.45) is 5.28. The highest BCUT2D eigenvalue weighted by atomic mass is 16.5. The fourth-order valence-electron chi connectivity index (χ4n) is 3.02. The molecular weight excluding hydrogens is 380 g/mol. The summed E-state index contributed by atoms with van der Waals surface area (Å²) in [6.45, 7) is 5.89. The van der Waals surface area contributed by atoms with E-state index in [1.807, 2.05) is 45.0 Å². The Kier molecular flexibility index (Phi) is 6.12. The van der Waals surface area contributed by atoms with Gasteiger partial charge in [-0.25, -0.2) is 9.97 Å². The molecule has 1 aromatic carbocycles. The van der Waals surface area contributed by atoms with Crippen LogP contribution < -0.4 is 16.2 Å². The van der Waals surface area contributed by atoms with E-state index in [9.17, 15) is 0 Å². The van der Waals surface area contributed by atoms with Gasteiger partial charge in [0.15, 0.2) is 5.82 Å². The quantitative estimate of drug-likeness (QED) is 0.540. The van der Waals surface area contributed by atoms with Crippen LogP contribution in [0.15, 0.2) is 42.9 Å². The van der Waals surface area contributed by atoms with E-state index < -0.39 is 0 Å². The summed E-state index contributed by atoms with van der Waals surface area (Å²) in [5.74, 6) is 1.23. The van der Waals surface area contributed by atoms with Gasteiger partial charge in [-0.3, -0.25) is 0 Å². The zero-order valence-electron chi connectivity index (χ0n) is 17.2. The molecule has 3 heterocycles. The summed E-state index contributed by atoms with van der Waals surface area (Å²) >= 11 is 0. The number of ether oxygens (including phenoxy) is 1. The largest absolute Gasteiger partial charge is 0.494 e. The molecule has 4 rings (SSSR count). The van der Waals surface area contributed by atoms with Crippen molar-refractivity contribution in [1.82, 2.24) is 36.5 Å². The van der Waals surface area contributed by atoms with Crippen LogP contribution in [0.25, 0.3) is 22.3 Å². The minimum Gasteiger partial charge on any atom is -0.494 e. The number of anilines is 1. The summed E-state index contributed by atoms with van der Waals surface area (Å²) in [4.78, 5) is 8.87. The molecule has 0 amide bonds. The third-order valence-corrected chi connectivity index (χ3v) is 4.60. The van der Waals surface area contributed by atoms with Crippen molar-refractivity contribution in [3.05, 3.63) is 59.8 Å². The maximum atomic E-state index is 5.56. The van der Waals surface area contributed by atoms with Crippen LogP contribution in [-0.4, -0.2) is 37.5 Å². The highest BCUT2D eigenvalue weighted by molar-refractivity contribution is 5.97. The molecule has 0 unspecified atom stereocenters. The van der Waals surface area contributed by atoms with Gasteiger partial charge < -0.3 is 10.1 Å². The van der Waals surface area contributed by atoms with Gasteiger partial charge in [-0.05, 0) is 50.6 Å². The van der Waals surface area contributed by atoms with Gasteiger partial charge in [-0.15, -0.1) is 5.10 Å². The molecule has 0 fully saturated rings. The van der Waals surface area contributed by atoms with Gasteiger partial charge in [0, 0.05) is 29.5 Å². The molecule has 9 nitrogen and oxygen atoms in total. The molecule has 0 bridgehead atoms. The Morgan fingerprint density at radius 1 is 0.967 bits per heavy atom. The molecule has 0 aliphatic carbocycles. The topological polar surface area (TPSA) is 129 Å². The SMILES string of the molecule is COc1cc(-c2ncc(C)cn2)cc2c(N[C@H](C)c3ccc(C)nn3)cnnc12.[N]. The lowest BCUT2D eigenvalue weighted by Gasteiger charge is -2.16. The Morgan fingerprint density at radius 2 is 1.73 bits per heavy atom. The molecule has 0 aliphatic heterocycles. The molecule has 0 saturated carbocycles. The first-order chi connectivity index (χ1) is 14.0. The molecule has 0 spiro atoms. The number of aromatic nitrogens is 6. The Bertz CT molecular complexity index is 1150. The van der Waals surface area contributed by atoms with Crippen LogP contribution in [0.1, 0.15) is 29.9 Å². The molecule has 3 radical (unpaired) electrons. The van der Waals surface area contributed by atoms with E-state index in [2.05, 4.69) is 35.7 Å². The average Bonchev–Trinajstić information content (AvgIpc) is 2.74. The van der Waals surface area contributed by atoms with Crippen LogP contribution in [-0.2, 0) is 0 Å². The van der Waals surface area contributed by atoms with Crippen LogP contribution in [0.3, 0.4) is 0 Å². The minimum absolute atomic E-state index is 0. The molecule has 1 atom stereocenters. The Hall–Kier alpha value is -3.72. The van der Waals surface area contributed by atoms with Gasteiger partial charge in [0.2, 0.25) is 0 Å². The van der Waals surface area contributed by atoms with Gasteiger partial charge in [0.25, 0.3) is 0 Å². The molecule has 151 valence electrons. The van der Waals surface area contributed by atoms with Crippen molar-refractivity contribution in [2.45, 2.75) is 26.8 Å². The third-order valence-electron chi connectivity index (χ3n) is 4.60. The van der Waals surface area contributed by atoms with E-state index in [4.69, 9.17) is 4.74 Å². The fraction of sp³-hybridized carbons (Fsp3) is 0.238. The van der Waals surface area contributed by atoms with Crippen LogP contribution in [0.2, 0.25) is 0 Å². The average molecular weight is 401 g/mol. The summed E-state index contributed by atoms with van der Waals surface area (Å²) < 4.78 is 5.56. The molecular formula is C21H21N8O. The van der Waals surface area contributed by atoms with Crippen LogP contribution in [0.5, 0.6) is 5.75 Å². The number of methoxy groups -OCH3 is 1. The van der Waals surface area contributed by atoms with E-state index in [1.54, 1.807) is 25.7 Å². The Balaban J connectivity index is 0.00000256. The number of hydrogen-bond acceptors (Lipinski definition) is 8. The molecule has 0 saturated heterocycles. The maximum Gasteiger partial charge on any atom is 0.159 e. The van der Waals surface area contributed by atoms with E-state index in [-0.39, 0.29) is 12.2 Å². The number of aryl methyl sites for hydroxylation is 2. The summed E-state index contributed by atoms with van der Waals surface area (Å²) in [5.41, 5.74) is 5.04. The lowest BCUT2D eigenvalue weighted by atomic mass is 10.1. The van der Waals surface area contributed by atoms with Crippen molar-refractivity contribution >= 4 is 16.6 Å². The van der Waals surface area contributed by atoms with Crippen molar-refractivity contribution in [2.24, 2.45) is 0 Å². The molecule has 30 heavy (non-hydrogen) atoms. The zero-order chi connectivity index (χ0) is 20.4. The first kappa shape index (κ1) is 21.0. The third kappa shape index (κ3) is 4.15. The van der Waals surface area contributed by atoms with E-state index in [0.29, 0.717) is 17.1 Å². The van der Waals surface area contributed by atoms with Crippen molar-refractivity contribution in [3.63, 3.8) is 0 Å². The first-order valence-corrected chi connectivity index (χ1v) is 9.24. The van der Waals surface area contributed by atoms with Gasteiger partial charge in [-0.2, -0.15) is 15.3 Å². The predicted octanol–water partition coefficient (Wildman–Crippen LogP) is 3.19. The normalized spacial score (nSPS) is 11.6. The Labute approximate surface area is 174 Å². The number of hydrogen-bond donors (Lipinski definition) is 1. The monoisotopic (exact) mass is 401 g/mol. The standard InChI is InChI=1S/C21H21N7O.N/c1-12-9-22-21(23-10-12)15-7-16-18(11-24-28-20(16)19(8-15)29-4)25-14(3)17-6-5-13(2)26-27-17;/h5-11,14H,1-4H3,(H,25,28);/t14-;/m1./s1. The number of fused-ring (bicyclic) bond motifs is 1. The fourth-order valence-corrected chi connectivity index (χ4v) is 3.02. The van der Waals surface area contributed by atoms with E-state index >= 15 is 0 Å². The van der Waals surface area contributed by atoms with Crippen LogP contribution in [0.4, 0.5) is 5.69 Å². The second-order valence-electron chi connectivity index (χ2n) is 6.88. The zero-order valence-corrected chi connectivity index (χ0v) is 17.2. The minimum atomic E-state index is -0.0687. The van der Waals surface area contributed by atoms with Gasteiger partial charge in [0.1, 0.15) is 11.3 Å². The van der Waals surface area contributed by atoms with Crippen LogP contribution >= 0.6 is 0 Å². The van der Waals surface area contributed by atoms with Crippen molar-refractivity contribution < 1.29 is 4.74 Å². The maximum absolute atomic E-state index is 5.56. The number of rotatable bonds is 5. The molecule has 0 aliphatic rings. The van der Waals surface area contributed by atoms with E-state index in [1.165, 1.54) is 0 Å². The van der Waals surface area contributed by atoms with Gasteiger partial charge in [0.05, 0.1) is 36.4 Å². The summed E-state index contributed by atoms with van der Waals surface area (Å²) in [5, 5.41) is 21.1. The summed E-state index contributed by atoms with van der Waals surface area (Å²) in [6, 6.07) is 7.70. The molecule has 4 aromatic rings. The van der Waals surface area contributed by atoms with Gasteiger partial charge >= 0.3 is 0 Å². The number of benzene rings is 1. The van der Waals surface area contributed by atoms with Crippen molar-refractivity contribution in [1.29, 1.82) is 0 Å². The highest BCUT2D eigenvalue weighted by Gasteiger charge is 2.15. The molecule has 3 aromatic heterocycles.